The molecule has 104 valence electrons. The molecule has 4 heteroatoms. The van der Waals surface area contributed by atoms with Gasteiger partial charge in [-0.05, 0) is 19.3 Å². The van der Waals surface area contributed by atoms with E-state index in [1.807, 2.05) is 6.92 Å². The van der Waals surface area contributed by atoms with Gasteiger partial charge in [0.05, 0.1) is 12.0 Å². The molecule has 2 fully saturated rings. The summed E-state index contributed by atoms with van der Waals surface area (Å²) in [7, 11) is 0. The summed E-state index contributed by atoms with van der Waals surface area (Å²) in [5.74, 6) is -0.106. The molecule has 2 N–H and O–H groups in total. The first-order chi connectivity index (χ1) is 8.57. The maximum Gasteiger partial charge on any atom is 0.310 e. The molecule has 2 unspecified atom stereocenters. The van der Waals surface area contributed by atoms with Crippen LogP contribution in [0.1, 0.15) is 52.4 Å². The summed E-state index contributed by atoms with van der Waals surface area (Å²) in [6.07, 6.45) is 5.52. The van der Waals surface area contributed by atoms with Crippen molar-refractivity contribution in [2.24, 2.45) is 11.3 Å². The molecule has 1 spiro atoms. The van der Waals surface area contributed by atoms with Crippen LogP contribution in [0.3, 0.4) is 0 Å². The average Bonchev–Trinajstić information content (AvgIpc) is 2.30. The number of carbonyl (C=O) groups is 1. The van der Waals surface area contributed by atoms with Gasteiger partial charge in [0, 0.05) is 12.0 Å². The van der Waals surface area contributed by atoms with Crippen molar-refractivity contribution in [1.82, 2.24) is 5.32 Å². The van der Waals surface area contributed by atoms with Crippen LogP contribution >= 0.6 is 0 Å². The van der Waals surface area contributed by atoms with E-state index in [-0.39, 0.29) is 29.6 Å². The van der Waals surface area contributed by atoms with Crippen LogP contribution in [0.2, 0.25) is 0 Å². The van der Waals surface area contributed by atoms with E-state index in [0.29, 0.717) is 0 Å². The summed E-state index contributed by atoms with van der Waals surface area (Å²) >= 11 is 0. The van der Waals surface area contributed by atoms with Crippen LogP contribution in [0.4, 0.5) is 0 Å². The minimum absolute atomic E-state index is 0.0130. The van der Waals surface area contributed by atoms with Crippen LogP contribution in [0.25, 0.3) is 0 Å². The molecule has 1 aliphatic heterocycles. The molecule has 0 aromatic heterocycles. The molecule has 2 atom stereocenters. The van der Waals surface area contributed by atoms with Gasteiger partial charge >= 0.3 is 5.97 Å². The maximum atomic E-state index is 11.9. The van der Waals surface area contributed by atoms with E-state index in [1.165, 1.54) is 12.8 Å². The zero-order valence-corrected chi connectivity index (χ0v) is 11.4. The molecule has 0 aromatic carbocycles. The van der Waals surface area contributed by atoms with Crippen molar-refractivity contribution in [1.29, 1.82) is 0 Å². The van der Waals surface area contributed by atoms with Gasteiger partial charge in [-0.1, -0.05) is 33.1 Å². The van der Waals surface area contributed by atoms with Gasteiger partial charge in [-0.2, -0.15) is 0 Å². The fourth-order valence-corrected chi connectivity index (χ4v) is 2.93. The molecular formula is C14H25NO3. The molecule has 1 aliphatic carbocycles. The number of hydrogen-bond donors (Lipinski definition) is 2. The SMILES string of the molecule is CCCCCC(C)C(=O)OC1NCC12CC(O)C2. The second-order valence-corrected chi connectivity index (χ2v) is 6.02. The summed E-state index contributed by atoms with van der Waals surface area (Å²) in [6.45, 7) is 4.97. The summed E-state index contributed by atoms with van der Waals surface area (Å²) in [5.41, 5.74) is 0.0399. The Morgan fingerprint density at radius 1 is 1.50 bits per heavy atom. The predicted molar refractivity (Wildman–Crippen MR) is 68.9 cm³/mol. The number of ether oxygens (including phenoxy) is 1. The highest BCUT2D eigenvalue weighted by atomic mass is 16.6. The van der Waals surface area contributed by atoms with Crippen molar-refractivity contribution >= 4 is 5.97 Å². The summed E-state index contributed by atoms with van der Waals surface area (Å²) in [6, 6.07) is 0. The minimum Gasteiger partial charge on any atom is -0.446 e. The summed E-state index contributed by atoms with van der Waals surface area (Å²) in [4.78, 5) is 11.9. The van der Waals surface area contributed by atoms with Crippen molar-refractivity contribution in [2.75, 3.05) is 6.54 Å². The van der Waals surface area contributed by atoms with Gasteiger partial charge in [-0.15, -0.1) is 0 Å². The Morgan fingerprint density at radius 3 is 2.72 bits per heavy atom. The Labute approximate surface area is 109 Å². The minimum atomic E-state index is -0.199. The van der Waals surface area contributed by atoms with E-state index in [1.54, 1.807) is 0 Å². The van der Waals surface area contributed by atoms with Crippen LogP contribution in [0.15, 0.2) is 0 Å². The zero-order chi connectivity index (χ0) is 13.2. The lowest BCUT2D eigenvalue weighted by atomic mass is 9.61. The monoisotopic (exact) mass is 255 g/mol. The third-order valence-electron chi connectivity index (χ3n) is 4.36. The Bertz CT molecular complexity index is 299. The highest BCUT2D eigenvalue weighted by molar-refractivity contribution is 5.72. The van der Waals surface area contributed by atoms with Crippen molar-refractivity contribution < 1.29 is 14.6 Å². The highest BCUT2D eigenvalue weighted by Crippen LogP contribution is 2.48. The molecule has 2 aliphatic rings. The third-order valence-corrected chi connectivity index (χ3v) is 4.36. The van der Waals surface area contributed by atoms with Gasteiger partial charge < -0.3 is 9.84 Å². The first kappa shape index (κ1) is 13.8. The number of carbonyl (C=O) groups excluding carboxylic acids is 1. The molecule has 4 nitrogen and oxygen atoms in total. The smallest absolute Gasteiger partial charge is 0.310 e. The Balaban J connectivity index is 1.71. The fraction of sp³-hybridized carbons (Fsp3) is 0.929. The van der Waals surface area contributed by atoms with E-state index in [0.717, 1.165) is 32.2 Å². The zero-order valence-electron chi connectivity index (χ0n) is 11.4. The maximum absolute atomic E-state index is 11.9. The lowest BCUT2D eigenvalue weighted by Gasteiger charge is -2.57. The van der Waals surface area contributed by atoms with Crippen molar-refractivity contribution in [3.8, 4) is 0 Å². The van der Waals surface area contributed by atoms with E-state index in [2.05, 4.69) is 12.2 Å². The molecule has 0 amide bonds. The molecule has 0 aromatic rings. The predicted octanol–water partition coefficient (Wildman–Crippen LogP) is 1.82. The molecule has 2 rings (SSSR count). The van der Waals surface area contributed by atoms with E-state index < -0.39 is 0 Å². The van der Waals surface area contributed by atoms with Crippen LogP contribution in [0, 0.1) is 11.3 Å². The summed E-state index contributed by atoms with van der Waals surface area (Å²) < 4.78 is 5.52. The first-order valence-electron chi connectivity index (χ1n) is 7.19. The van der Waals surface area contributed by atoms with Gasteiger partial charge in [0.25, 0.3) is 0 Å². The standard InChI is InChI=1S/C14H25NO3/c1-3-4-5-6-10(2)12(17)18-13-14(9-15-13)7-11(16)8-14/h10-11,13,15-16H,3-9H2,1-2H3. The van der Waals surface area contributed by atoms with E-state index in [9.17, 15) is 9.90 Å². The van der Waals surface area contributed by atoms with Gasteiger partial charge in [0.2, 0.25) is 0 Å². The average molecular weight is 255 g/mol. The second kappa shape index (κ2) is 5.57. The molecule has 0 radical (unpaired) electrons. The van der Waals surface area contributed by atoms with Crippen molar-refractivity contribution in [3.05, 3.63) is 0 Å². The van der Waals surface area contributed by atoms with E-state index in [4.69, 9.17) is 4.74 Å². The van der Waals surface area contributed by atoms with Gasteiger partial charge in [-0.25, -0.2) is 0 Å². The number of unbranched alkanes of at least 4 members (excludes halogenated alkanes) is 2. The van der Waals surface area contributed by atoms with Crippen LogP contribution < -0.4 is 5.32 Å². The number of aliphatic hydroxyl groups is 1. The van der Waals surface area contributed by atoms with E-state index >= 15 is 0 Å². The largest absolute Gasteiger partial charge is 0.446 e. The Kier molecular flexibility index (Phi) is 4.28. The van der Waals surface area contributed by atoms with Crippen LogP contribution in [0.5, 0.6) is 0 Å². The fourth-order valence-electron chi connectivity index (χ4n) is 2.93. The molecule has 0 bridgehead atoms. The molecule has 1 saturated heterocycles. The lowest BCUT2D eigenvalue weighted by molar-refractivity contribution is -0.207. The van der Waals surface area contributed by atoms with Gasteiger partial charge in [0.15, 0.2) is 6.23 Å². The lowest BCUT2D eigenvalue weighted by Crippen LogP contribution is -2.70. The van der Waals surface area contributed by atoms with Gasteiger partial charge in [-0.3, -0.25) is 10.1 Å². The van der Waals surface area contributed by atoms with Crippen LogP contribution in [-0.4, -0.2) is 30.0 Å². The Morgan fingerprint density at radius 2 is 2.22 bits per heavy atom. The normalized spacial score (nSPS) is 35.7. The first-order valence-corrected chi connectivity index (χ1v) is 7.19. The van der Waals surface area contributed by atoms with Crippen LogP contribution in [-0.2, 0) is 9.53 Å². The quantitative estimate of drug-likeness (QED) is 0.561. The van der Waals surface area contributed by atoms with Crippen molar-refractivity contribution in [3.63, 3.8) is 0 Å². The number of esters is 1. The number of rotatable bonds is 6. The third kappa shape index (κ3) is 2.69. The second-order valence-electron chi connectivity index (χ2n) is 6.02. The number of hydrogen-bond acceptors (Lipinski definition) is 4. The molecular weight excluding hydrogens is 230 g/mol. The summed E-state index contributed by atoms with van der Waals surface area (Å²) in [5, 5.41) is 12.5. The number of nitrogens with one attached hydrogen (secondary N) is 1. The molecule has 1 heterocycles. The number of aliphatic hydroxyl groups excluding tert-OH is 1. The Hall–Kier alpha value is -0.610. The topological polar surface area (TPSA) is 58.6 Å². The molecule has 1 saturated carbocycles. The highest BCUT2D eigenvalue weighted by Gasteiger charge is 2.57. The molecule has 18 heavy (non-hydrogen) atoms. The van der Waals surface area contributed by atoms with Gasteiger partial charge in [0.1, 0.15) is 0 Å². The van der Waals surface area contributed by atoms with Crippen molar-refractivity contribution in [2.45, 2.75) is 64.7 Å².